The van der Waals surface area contributed by atoms with Gasteiger partial charge < -0.3 is 20.4 Å². The van der Waals surface area contributed by atoms with Gasteiger partial charge in [0, 0.05) is 12.8 Å². The third-order valence-electron chi connectivity index (χ3n) is 11.4. The van der Waals surface area contributed by atoms with Gasteiger partial charge in [0.1, 0.15) is 11.5 Å². The maximum Gasteiger partial charge on any atom is 0.122 e. The van der Waals surface area contributed by atoms with Crippen molar-refractivity contribution in [3.05, 3.63) is 129 Å². The summed E-state index contributed by atoms with van der Waals surface area (Å²) in [7, 11) is 0. The fourth-order valence-electron chi connectivity index (χ4n) is 8.88. The summed E-state index contributed by atoms with van der Waals surface area (Å²) >= 11 is 0. The predicted molar refractivity (Wildman–Crippen MR) is 183 cm³/mol. The molecule has 12 bridgehead atoms. The molecule has 4 N–H and O–H groups in total. The molecule has 4 aromatic rings. The molecule has 0 radical (unpaired) electrons. The first-order valence-electron chi connectivity index (χ1n) is 17.5. The van der Waals surface area contributed by atoms with Crippen LogP contribution >= 0.6 is 0 Å². The van der Waals surface area contributed by atoms with Crippen molar-refractivity contribution in [2.75, 3.05) is 0 Å². The van der Waals surface area contributed by atoms with Crippen molar-refractivity contribution in [2.24, 2.45) is 23.7 Å². The average molecular weight is 617 g/mol. The Kier molecular flexibility index (Phi) is 9.19. The summed E-state index contributed by atoms with van der Waals surface area (Å²) in [4.78, 5) is 0. The summed E-state index contributed by atoms with van der Waals surface area (Å²) in [6.07, 6.45) is 9.53. The molecular formula is C42H48O4. The van der Waals surface area contributed by atoms with Crippen LogP contribution in [0.15, 0.2) is 84.9 Å². The maximum absolute atomic E-state index is 11.6. The minimum Gasteiger partial charge on any atom is -0.507 e. The van der Waals surface area contributed by atoms with Gasteiger partial charge in [-0.1, -0.05) is 97.8 Å². The highest BCUT2D eigenvalue weighted by molar-refractivity contribution is 5.45. The Balaban J connectivity index is 1.23. The van der Waals surface area contributed by atoms with E-state index in [1.54, 1.807) is 0 Å². The number of hydrogen-bond acceptors (Lipinski definition) is 4. The van der Waals surface area contributed by atoms with Crippen molar-refractivity contribution in [1.29, 1.82) is 0 Å². The lowest BCUT2D eigenvalue weighted by Gasteiger charge is -2.35. The summed E-state index contributed by atoms with van der Waals surface area (Å²) < 4.78 is 0. The number of para-hydroxylation sites is 2. The highest BCUT2D eigenvalue weighted by Crippen LogP contribution is 2.39. The molecule has 4 nitrogen and oxygen atoms in total. The van der Waals surface area contributed by atoms with Crippen LogP contribution in [0.4, 0.5) is 0 Å². The molecule has 4 aromatic carbocycles. The lowest BCUT2D eigenvalue weighted by Crippen LogP contribution is -2.35. The van der Waals surface area contributed by atoms with E-state index in [1.807, 2.05) is 36.4 Å². The molecule has 0 amide bonds. The topological polar surface area (TPSA) is 80.9 Å². The molecule has 0 heterocycles. The molecule has 0 saturated heterocycles. The van der Waals surface area contributed by atoms with Crippen molar-refractivity contribution >= 4 is 0 Å². The monoisotopic (exact) mass is 616 g/mol. The van der Waals surface area contributed by atoms with Gasteiger partial charge in [0.25, 0.3) is 0 Å². The Hall–Kier alpha value is -3.60. The first-order valence-corrected chi connectivity index (χ1v) is 17.5. The van der Waals surface area contributed by atoms with Gasteiger partial charge in [-0.25, -0.2) is 0 Å². The smallest absolute Gasteiger partial charge is 0.122 e. The summed E-state index contributed by atoms with van der Waals surface area (Å²) in [6.45, 7) is 0. The second kappa shape index (κ2) is 13.6. The molecule has 0 aliphatic heterocycles. The van der Waals surface area contributed by atoms with Crippen molar-refractivity contribution in [3.63, 3.8) is 0 Å². The van der Waals surface area contributed by atoms with Gasteiger partial charge in [-0.2, -0.15) is 0 Å². The van der Waals surface area contributed by atoms with E-state index in [-0.39, 0.29) is 23.7 Å². The van der Waals surface area contributed by atoms with Crippen LogP contribution in [0.1, 0.15) is 83.0 Å². The van der Waals surface area contributed by atoms with E-state index in [9.17, 15) is 20.4 Å². The Bertz CT molecular complexity index is 1540. The summed E-state index contributed by atoms with van der Waals surface area (Å²) in [6, 6.07) is 29.4. The molecule has 240 valence electrons. The lowest BCUT2D eigenvalue weighted by molar-refractivity contribution is 0.0174. The van der Waals surface area contributed by atoms with Gasteiger partial charge >= 0.3 is 0 Å². The number of phenolic OH excluding ortho intramolecular Hbond substituents is 2. The number of aromatic hydroxyl groups is 2. The van der Waals surface area contributed by atoms with Crippen molar-refractivity contribution in [3.8, 4) is 11.5 Å². The van der Waals surface area contributed by atoms with Gasteiger partial charge in [-0.3, -0.25) is 0 Å². The van der Waals surface area contributed by atoms with Gasteiger partial charge in [0.05, 0.1) is 12.2 Å². The number of benzene rings is 4. The van der Waals surface area contributed by atoms with E-state index >= 15 is 0 Å². The number of fused-ring (bicyclic) bond motifs is 12. The van der Waals surface area contributed by atoms with E-state index in [1.165, 1.54) is 11.1 Å². The summed E-state index contributed by atoms with van der Waals surface area (Å²) in [5, 5.41) is 46.0. The van der Waals surface area contributed by atoms with E-state index in [4.69, 9.17) is 0 Å². The van der Waals surface area contributed by atoms with Crippen LogP contribution in [0.3, 0.4) is 0 Å². The lowest BCUT2D eigenvalue weighted by atomic mass is 9.73. The third-order valence-corrected chi connectivity index (χ3v) is 11.4. The largest absolute Gasteiger partial charge is 0.507 e. The molecule has 6 atom stereocenters. The molecule has 2 saturated carbocycles. The molecule has 46 heavy (non-hydrogen) atoms. The molecule has 3 aliphatic carbocycles. The van der Waals surface area contributed by atoms with Gasteiger partial charge in [-0.15, -0.1) is 0 Å². The molecule has 2 fully saturated rings. The van der Waals surface area contributed by atoms with Crippen molar-refractivity contribution in [1.82, 2.24) is 0 Å². The van der Waals surface area contributed by atoms with E-state index in [0.29, 0.717) is 37.2 Å². The third kappa shape index (κ3) is 6.75. The van der Waals surface area contributed by atoms with Gasteiger partial charge in [0.15, 0.2) is 0 Å². The number of aliphatic hydroxyl groups is 2. The van der Waals surface area contributed by atoms with Crippen LogP contribution in [0, 0.1) is 23.7 Å². The molecule has 0 spiro atoms. The summed E-state index contributed by atoms with van der Waals surface area (Å²) in [5.41, 5.74) is 8.43. The van der Waals surface area contributed by atoms with E-state index in [2.05, 4.69) is 48.5 Å². The number of phenols is 2. The van der Waals surface area contributed by atoms with E-state index < -0.39 is 12.2 Å². The Morgan fingerprint density at radius 2 is 0.761 bits per heavy atom. The molecule has 3 aliphatic rings. The minimum atomic E-state index is -0.418. The van der Waals surface area contributed by atoms with Crippen LogP contribution in [0.5, 0.6) is 11.5 Å². The van der Waals surface area contributed by atoms with Gasteiger partial charge in [0.2, 0.25) is 0 Å². The van der Waals surface area contributed by atoms with E-state index in [0.717, 1.165) is 84.7 Å². The Morgan fingerprint density at radius 1 is 0.413 bits per heavy atom. The Labute approximate surface area is 273 Å². The van der Waals surface area contributed by atoms with Crippen LogP contribution in [0.2, 0.25) is 0 Å². The quantitative estimate of drug-likeness (QED) is 0.163. The van der Waals surface area contributed by atoms with Crippen molar-refractivity contribution < 1.29 is 20.4 Å². The first kappa shape index (κ1) is 31.0. The SMILES string of the molecule is Oc1c2cccc1CC1CCCC(Cc3cccc(c3)Cc3cccc(c3O)CC3CCCC(Cc4cccc(c4)C2)C3O)C1O. The average Bonchev–Trinajstić information content (AvgIpc) is 3.05. The maximum atomic E-state index is 11.6. The highest BCUT2D eigenvalue weighted by Gasteiger charge is 2.34. The molecule has 4 heteroatoms. The molecular weight excluding hydrogens is 568 g/mol. The fraction of sp³-hybridized carbons (Fsp3) is 0.429. The fourth-order valence-corrected chi connectivity index (χ4v) is 8.88. The van der Waals surface area contributed by atoms with Crippen LogP contribution in [0.25, 0.3) is 0 Å². The standard InChI is InChI=1S/C42H48O4/c43-39-31-11-3-15-35(39)25-37-17-5-13-33(41(37)45)23-29-9-2-10-30(20-29)24-34-14-6-18-38(42(34)46)26-36-16-4-12-32(40(36)44)22-28-8-1-7-27(19-28)21-31/h1-3,6-11,14-15,18-20,32-33,36-37,40-41,43-46H,4-5,12-13,16-17,21-26H2. The number of aliphatic hydroxyl groups excluding tert-OH is 2. The zero-order valence-corrected chi connectivity index (χ0v) is 26.8. The molecule has 0 aromatic heterocycles. The second-order valence-electron chi connectivity index (χ2n) is 14.5. The number of rotatable bonds is 0. The normalized spacial score (nSPS) is 26.9. The zero-order valence-electron chi connectivity index (χ0n) is 26.8. The predicted octanol–water partition coefficient (Wildman–Crippen LogP) is 7.72. The summed E-state index contributed by atoms with van der Waals surface area (Å²) in [5.74, 6) is 1.30. The highest BCUT2D eigenvalue weighted by atomic mass is 16.3. The van der Waals surface area contributed by atoms with Crippen LogP contribution in [-0.2, 0) is 38.5 Å². The van der Waals surface area contributed by atoms with Gasteiger partial charge in [-0.05, 0) is 120 Å². The second-order valence-corrected chi connectivity index (χ2v) is 14.5. The minimum absolute atomic E-state index is 0.113. The Morgan fingerprint density at radius 3 is 1.20 bits per heavy atom. The number of hydrogen-bond donors (Lipinski definition) is 4. The van der Waals surface area contributed by atoms with Crippen molar-refractivity contribution in [2.45, 2.75) is 89.3 Å². The van der Waals surface area contributed by atoms with Crippen LogP contribution < -0.4 is 0 Å². The van der Waals surface area contributed by atoms with Crippen LogP contribution in [-0.4, -0.2) is 32.6 Å². The molecule has 7 rings (SSSR count). The molecule has 6 unspecified atom stereocenters. The zero-order chi connectivity index (χ0) is 31.6. The first-order chi connectivity index (χ1) is 22.4.